The number of pyridine rings is 1. The molecular weight excluding hydrogens is 270 g/mol. The Hall–Kier alpha value is -2.11. The number of carboxylic acids is 1. The van der Waals surface area contributed by atoms with Gasteiger partial charge in [-0.25, -0.2) is 4.79 Å². The van der Waals surface area contributed by atoms with Crippen LogP contribution >= 0.6 is 0 Å². The zero-order valence-corrected chi connectivity index (χ0v) is 12.2. The second kappa shape index (κ2) is 7.06. The van der Waals surface area contributed by atoms with E-state index in [1.54, 1.807) is 22.2 Å². The molecule has 1 fully saturated rings. The number of nitrogens with zero attached hydrogens (tertiary/aromatic N) is 3. The van der Waals surface area contributed by atoms with E-state index < -0.39 is 5.97 Å². The highest BCUT2D eigenvalue weighted by Crippen LogP contribution is 2.22. The van der Waals surface area contributed by atoms with Crippen LogP contribution in [-0.4, -0.2) is 51.0 Å². The molecule has 1 aromatic rings. The zero-order chi connectivity index (χ0) is 15.2. The molecule has 1 N–H and O–H groups in total. The number of hydrogen-bond acceptors (Lipinski definition) is 3. The number of carbonyl (C=O) groups is 2. The first kappa shape index (κ1) is 15.3. The number of carbonyl (C=O) groups excluding carboxylic acids is 1. The molecule has 1 unspecified atom stereocenters. The smallest absolute Gasteiger partial charge is 0.320 e. The van der Waals surface area contributed by atoms with Crippen LogP contribution in [0.2, 0.25) is 0 Å². The van der Waals surface area contributed by atoms with E-state index in [1.165, 1.54) is 0 Å². The summed E-state index contributed by atoms with van der Waals surface area (Å²) >= 11 is 0. The van der Waals surface area contributed by atoms with Crippen LogP contribution in [0.4, 0.5) is 4.79 Å². The van der Waals surface area contributed by atoms with Crippen LogP contribution in [0, 0.1) is 0 Å². The van der Waals surface area contributed by atoms with Crippen LogP contribution < -0.4 is 0 Å². The average Bonchev–Trinajstić information content (AvgIpc) is 2.92. The Morgan fingerprint density at radius 2 is 2.14 bits per heavy atom. The van der Waals surface area contributed by atoms with Crippen LogP contribution in [0.3, 0.4) is 0 Å². The van der Waals surface area contributed by atoms with E-state index in [2.05, 4.69) is 4.98 Å². The van der Waals surface area contributed by atoms with Gasteiger partial charge in [0.25, 0.3) is 0 Å². The molecule has 2 heterocycles. The molecule has 1 aliphatic heterocycles. The zero-order valence-electron chi connectivity index (χ0n) is 12.2. The van der Waals surface area contributed by atoms with Crippen molar-refractivity contribution in [3.8, 4) is 0 Å². The van der Waals surface area contributed by atoms with Gasteiger partial charge in [0, 0.05) is 38.1 Å². The molecule has 1 atom stereocenters. The third-order valence-electron chi connectivity index (χ3n) is 3.81. The van der Waals surface area contributed by atoms with E-state index in [9.17, 15) is 9.59 Å². The summed E-state index contributed by atoms with van der Waals surface area (Å²) in [6.45, 7) is 3.69. The maximum atomic E-state index is 12.6. The number of aliphatic carboxylic acids is 1. The van der Waals surface area contributed by atoms with Crippen molar-refractivity contribution >= 4 is 12.0 Å². The number of urea groups is 1. The number of hydrogen-bond donors (Lipinski definition) is 1. The summed E-state index contributed by atoms with van der Waals surface area (Å²) in [6, 6.07) is 3.52. The average molecular weight is 291 g/mol. The van der Waals surface area contributed by atoms with Crippen molar-refractivity contribution in [2.24, 2.45) is 0 Å². The van der Waals surface area contributed by atoms with E-state index in [-0.39, 0.29) is 18.5 Å². The second-order valence-corrected chi connectivity index (χ2v) is 5.24. The van der Waals surface area contributed by atoms with Crippen molar-refractivity contribution in [3.05, 3.63) is 30.1 Å². The standard InChI is InChI=1S/C15H21N3O3/c1-2-17(11-12-5-7-16-8-6-12)15(21)18-9-3-4-13(18)10-14(19)20/h5-8,13H,2-4,9-11H2,1H3,(H,19,20). The molecule has 1 aromatic heterocycles. The van der Waals surface area contributed by atoms with E-state index in [1.807, 2.05) is 19.1 Å². The fraction of sp³-hybridized carbons (Fsp3) is 0.533. The van der Waals surface area contributed by atoms with Crippen LogP contribution in [0.25, 0.3) is 0 Å². The molecule has 114 valence electrons. The van der Waals surface area contributed by atoms with Gasteiger partial charge in [-0.3, -0.25) is 9.78 Å². The quantitative estimate of drug-likeness (QED) is 0.900. The van der Waals surface area contributed by atoms with Gasteiger partial charge in [0.1, 0.15) is 0 Å². The molecule has 0 aromatic carbocycles. The highest BCUT2D eigenvalue weighted by Gasteiger charge is 2.32. The van der Waals surface area contributed by atoms with Crippen molar-refractivity contribution < 1.29 is 14.7 Å². The van der Waals surface area contributed by atoms with Gasteiger partial charge in [-0.1, -0.05) is 0 Å². The van der Waals surface area contributed by atoms with Crippen LogP contribution in [0.15, 0.2) is 24.5 Å². The maximum Gasteiger partial charge on any atom is 0.320 e. The molecule has 0 radical (unpaired) electrons. The van der Waals surface area contributed by atoms with Gasteiger partial charge in [0.2, 0.25) is 0 Å². The highest BCUT2D eigenvalue weighted by molar-refractivity contribution is 5.76. The number of likely N-dealkylation sites (tertiary alicyclic amines) is 1. The largest absolute Gasteiger partial charge is 0.481 e. The molecule has 0 aliphatic carbocycles. The fourth-order valence-corrected chi connectivity index (χ4v) is 2.71. The van der Waals surface area contributed by atoms with Gasteiger partial charge in [-0.15, -0.1) is 0 Å². The lowest BCUT2D eigenvalue weighted by Crippen LogP contribution is -2.45. The third kappa shape index (κ3) is 3.93. The third-order valence-corrected chi connectivity index (χ3v) is 3.81. The van der Waals surface area contributed by atoms with Crippen LogP contribution in [0.1, 0.15) is 31.7 Å². The van der Waals surface area contributed by atoms with Gasteiger partial charge < -0.3 is 14.9 Å². The molecule has 0 bridgehead atoms. The summed E-state index contributed by atoms with van der Waals surface area (Å²) in [5, 5.41) is 8.95. The molecule has 2 amide bonds. The number of aromatic nitrogens is 1. The summed E-state index contributed by atoms with van der Waals surface area (Å²) in [4.78, 5) is 30.9. The number of amides is 2. The summed E-state index contributed by atoms with van der Waals surface area (Å²) in [5.41, 5.74) is 1.02. The molecule has 1 saturated heterocycles. The Kier molecular flexibility index (Phi) is 5.14. The first-order valence-corrected chi connectivity index (χ1v) is 7.28. The minimum absolute atomic E-state index is 0.0263. The van der Waals surface area contributed by atoms with Crippen molar-refractivity contribution in [1.29, 1.82) is 0 Å². The van der Waals surface area contributed by atoms with Gasteiger partial charge >= 0.3 is 12.0 Å². The van der Waals surface area contributed by atoms with Crippen LogP contribution in [-0.2, 0) is 11.3 Å². The molecule has 2 rings (SSSR count). The molecule has 1 aliphatic rings. The first-order valence-electron chi connectivity index (χ1n) is 7.28. The molecule has 0 saturated carbocycles. The molecule has 0 spiro atoms. The lowest BCUT2D eigenvalue weighted by molar-refractivity contribution is -0.138. The van der Waals surface area contributed by atoms with Gasteiger partial charge in [-0.2, -0.15) is 0 Å². The normalized spacial score (nSPS) is 17.8. The van der Waals surface area contributed by atoms with Crippen LogP contribution in [0.5, 0.6) is 0 Å². The van der Waals surface area contributed by atoms with E-state index in [4.69, 9.17) is 5.11 Å². The van der Waals surface area contributed by atoms with E-state index in [0.717, 1.165) is 18.4 Å². The minimum Gasteiger partial charge on any atom is -0.481 e. The molecular formula is C15H21N3O3. The lowest BCUT2D eigenvalue weighted by Gasteiger charge is -2.30. The summed E-state index contributed by atoms with van der Waals surface area (Å²) in [7, 11) is 0. The number of rotatable bonds is 5. The van der Waals surface area contributed by atoms with Crippen molar-refractivity contribution in [2.45, 2.75) is 38.8 Å². The molecule has 6 heteroatoms. The monoisotopic (exact) mass is 291 g/mol. The maximum absolute atomic E-state index is 12.6. The Labute approximate surface area is 124 Å². The van der Waals surface area contributed by atoms with E-state index >= 15 is 0 Å². The fourth-order valence-electron chi connectivity index (χ4n) is 2.71. The number of carboxylic acid groups (broad SMARTS) is 1. The summed E-state index contributed by atoms with van der Waals surface area (Å²) in [6.07, 6.45) is 5.08. The Morgan fingerprint density at radius 1 is 1.43 bits per heavy atom. The van der Waals surface area contributed by atoms with Crippen molar-refractivity contribution in [2.75, 3.05) is 13.1 Å². The van der Waals surface area contributed by atoms with Gasteiger partial charge in [-0.05, 0) is 37.5 Å². The van der Waals surface area contributed by atoms with Crippen molar-refractivity contribution in [3.63, 3.8) is 0 Å². The lowest BCUT2D eigenvalue weighted by atomic mass is 10.1. The molecule has 6 nitrogen and oxygen atoms in total. The predicted molar refractivity (Wildman–Crippen MR) is 77.7 cm³/mol. The Morgan fingerprint density at radius 3 is 2.76 bits per heavy atom. The highest BCUT2D eigenvalue weighted by atomic mass is 16.4. The minimum atomic E-state index is -0.850. The van der Waals surface area contributed by atoms with Gasteiger partial charge in [0.05, 0.1) is 6.42 Å². The second-order valence-electron chi connectivity index (χ2n) is 5.24. The Bertz CT molecular complexity index is 492. The Balaban J connectivity index is 2.03. The van der Waals surface area contributed by atoms with Crippen molar-refractivity contribution in [1.82, 2.24) is 14.8 Å². The predicted octanol–water partition coefficient (Wildman–Crippen LogP) is 1.96. The first-order chi connectivity index (χ1) is 10.1. The van der Waals surface area contributed by atoms with E-state index in [0.29, 0.717) is 19.6 Å². The SMILES string of the molecule is CCN(Cc1ccncc1)C(=O)N1CCCC1CC(=O)O. The topological polar surface area (TPSA) is 73.7 Å². The summed E-state index contributed by atoms with van der Waals surface area (Å²) < 4.78 is 0. The summed E-state index contributed by atoms with van der Waals surface area (Å²) in [5.74, 6) is -0.850. The molecule has 21 heavy (non-hydrogen) atoms. The van der Waals surface area contributed by atoms with Gasteiger partial charge in [0.15, 0.2) is 0 Å².